The molecule has 2 fully saturated rings. The lowest BCUT2D eigenvalue weighted by atomic mass is 9.66. The Hall–Kier alpha value is -2.20. The predicted octanol–water partition coefficient (Wildman–Crippen LogP) is 4.33. The maximum absolute atomic E-state index is 13.5. The summed E-state index contributed by atoms with van der Waals surface area (Å²) in [4.78, 5) is 15.1. The Kier molecular flexibility index (Phi) is 4.53. The molecule has 1 aliphatic heterocycles. The normalized spacial score (nSPS) is 28.5. The van der Waals surface area contributed by atoms with Crippen molar-refractivity contribution in [3.05, 3.63) is 71.5 Å². The van der Waals surface area contributed by atoms with E-state index in [2.05, 4.69) is 0 Å². The molecule has 26 heavy (non-hydrogen) atoms. The van der Waals surface area contributed by atoms with Crippen LogP contribution in [0.3, 0.4) is 0 Å². The Morgan fingerprint density at radius 3 is 2.50 bits per heavy atom. The molecule has 4 rings (SSSR count). The van der Waals surface area contributed by atoms with Crippen molar-refractivity contribution < 1.29 is 14.3 Å². The first kappa shape index (κ1) is 17.2. The molecular formula is C22H24FNO2. The molecule has 0 radical (unpaired) electrons. The molecule has 1 amide bonds. The second kappa shape index (κ2) is 6.84. The van der Waals surface area contributed by atoms with E-state index < -0.39 is 5.60 Å². The zero-order valence-electron chi connectivity index (χ0n) is 14.8. The fourth-order valence-corrected chi connectivity index (χ4v) is 4.73. The van der Waals surface area contributed by atoms with Crippen molar-refractivity contribution in [2.45, 2.75) is 43.7 Å². The van der Waals surface area contributed by atoms with Gasteiger partial charge in [-0.3, -0.25) is 4.79 Å². The molecule has 0 spiro atoms. The number of carbonyl (C=O) groups excluding carboxylic acids is 1. The fraction of sp³-hybridized carbons (Fsp3) is 0.409. The zero-order valence-corrected chi connectivity index (χ0v) is 14.8. The van der Waals surface area contributed by atoms with E-state index >= 15 is 0 Å². The number of hydrogen-bond donors (Lipinski definition) is 1. The molecule has 1 aliphatic carbocycles. The Bertz CT molecular complexity index is 776. The van der Waals surface area contributed by atoms with E-state index in [-0.39, 0.29) is 23.7 Å². The van der Waals surface area contributed by atoms with E-state index in [0.29, 0.717) is 18.5 Å². The molecule has 3 atom stereocenters. The van der Waals surface area contributed by atoms with Gasteiger partial charge in [0.05, 0.1) is 11.6 Å². The highest BCUT2D eigenvalue weighted by atomic mass is 19.1. The number of nitrogens with zero attached hydrogens (tertiary/aromatic N) is 1. The van der Waals surface area contributed by atoms with Gasteiger partial charge in [-0.15, -0.1) is 0 Å². The lowest BCUT2D eigenvalue weighted by molar-refractivity contribution is -0.115. The molecule has 1 saturated heterocycles. The van der Waals surface area contributed by atoms with Gasteiger partial charge in [0.1, 0.15) is 5.82 Å². The first-order valence-corrected chi connectivity index (χ1v) is 9.42. The standard InChI is InChI=1S/C22H24FNO2/c23-18-11-9-16(10-12-18)20-19-8-4-5-13-22(19,26)14-15-24(20)21(25)17-6-2-1-3-7-17/h1-3,6-7,9-12,19-20,26H,4-5,8,13-15H2. The summed E-state index contributed by atoms with van der Waals surface area (Å²) in [5.41, 5.74) is 0.826. The number of carbonyl (C=O) groups is 1. The maximum Gasteiger partial charge on any atom is 0.254 e. The highest BCUT2D eigenvalue weighted by Gasteiger charge is 2.50. The highest BCUT2D eigenvalue weighted by Crippen LogP contribution is 2.49. The van der Waals surface area contributed by atoms with Crippen molar-refractivity contribution in [1.29, 1.82) is 0 Å². The Morgan fingerprint density at radius 1 is 1.04 bits per heavy atom. The van der Waals surface area contributed by atoms with E-state index in [1.807, 2.05) is 35.2 Å². The largest absolute Gasteiger partial charge is 0.389 e. The van der Waals surface area contributed by atoms with Gasteiger partial charge in [0.15, 0.2) is 0 Å². The number of hydrogen-bond acceptors (Lipinski definition) is 2. The van der Waals surface area contributed by atoms with Crippen LogP contribution in [0.1, 0.15) is 54.1 Å². The lowest BCUT2D eigenvalue weighted by Crippen LogP contribution is -2.56. The first-order valence-electron chi connectivity index (χ1n) is 9.42. The van der Waals surface area contributed by atoms with Crippen molar-refractivity contribution in [2.24, 2.45) is 5.92 Å². The van der Waals surface area contributed by atoms with Gasteiger partial charge in [-0.1, -0.05) is 43.2 Å². The summed E-state index contributed by atoms with van der Waals surface area (Å²) in [7, 11) is 0. The second-order valence-corrected chi connectivity index (χ2v) is 7.57. The monoisotopic (exact) mass is 353 g/mol. The molecule has 3 unspecified atom stereocenters. The van der Waals surface area contributed by atoms with Crippen molar-refractivity contribution >= 4 is 5.91 Å². The molecule has 1 N–H and O–H groups in total. The molecule has 0 bridgehead atoms. The first-order chi connectivity index (χ1) is 12.6. The average Bonchev–Trinajstić information content (AvgIpc) is 2.67. The molecule has 2 aromatic carbocycles. The Labute approximate surface area is 153 Å². The van der Waals surface area contributed by atoms with Crippen LogP contribution in [0.15, 0.2) is 54.6 Å². The van der Waals surface area contributed by atoms with Crippen LogP contribution in [0.5, 0.6) is 0 Å². The molecule has 2 aromatic rings. The predicted molar refractivity (Wildman–Crippen MR) is 98.1 cm³/mol. The molecule has 0 aromatic heterocycles. The van der Waals surface area contributed by atoms with Crippen LogP contribution < -0.4 is 0 Å². The molecule has 1 heterocycles. The minimum atomic E-state index is -0.731. The molecule has 2 aliphatic rings. The van der Waals surface area contributed by atoms with Crippen LogP contribution in [-0.2, 0) is 0 Å². The maximum atomic E-state index is 13.5. The second-order valence-electron chi connectivity index (χ2n) is 7.57. The smallest absolute Gasteiger partial charge is 0.254 e. The molecule has 136 valence electrons. The van der Waals surface area contributed by atoms with Crippen molar-refractivity contribution in [3.63, 3.8) is 0 Å². The SMILES string of the molecule is O=C(c1ccccc1)N1CCC2(O)CCCCC2C1c1ccc(F)cc1. The van der Waals surface area contributed by atoms with E-state index in [1.54, 1.807) is 12.1 Å². The summed E-state index contributed by atoms with van der Waals surface area (Å²) in [5, 5.41) is 11.2. The van der Waals surface area contributed by atoms with Gasteiger partial charge in [-0.05, 0) is 49.1 Å². The number of benzene rings is 2. The van der Waals surface area contributed by atoms with E-state index in [9.17, 15) is 14.3 Å². The minimum absolute atomic E-state index is 0.0110. The average molecular weight is 353 g/mol. The van der Waals surface area contributed by atoms with Gasteiger partial charge in [-0.25, -0.2) is 4.39 Å². The van der Waals surface area contributed by atoms with Crippen LogP contribution in [-0.4, -0.2) is 28.1 Å². The third kappa shape index (κ3) is 3.03. The number of fused-ring (bicyclic) bond motifs is 1. The van der Waals surface area contributed by atoms with E-state index in [1.165, 1.54) is 12.1 Å². The number of likely N-dealkylation sites (tertiary alicyclic amines) is 1. The third-order valence-electron chi connectivity index (χ3n) is 6.06. The number of aliphatic hydroxyl groups is 1. The summed E-state index contributed by atoms with van der Waals surface area (Å²) < 4.78 is 13.5. The van der Waals surface area contributed by atoms with Gasteiger partial charge in [-0.2, -0.15) is 0 Å². The van der Waals surface area contributed by atoms with Gasteiger partial charge in [0.25, 0.3) is 5.91 Å². The highest BCUT2D eigenvalue weighted by molar-refractivity contribution is 5.94. The molecule has 3 nitrogen and oxygen atoms in total. The van der Waals surface area contributed by atoms with Gasteiger partial charge in [0.2, 0.25) is 0 Å². The number of amides is 1. The van der Waals surface area contributed by atoms with E-state index in [0.717, 1.165) is 31.2 Å². The number of rotatable bonds is 2. The van der Waals surface area contributed by atoms with Crippen molar-refractivity contribution in [2.75, 3.05) is 6.54 Å². The summed E-state index contributed by atoms with van der Waals surface area (Å²) in [5.74, 6) is -0.319. The molecule has 4 heteroatoms. The van der Waals surface area contributed by atoms with E-state index in [4.69, 9.17) is 0 Å². The third-order valence-corrected chi connectivity index (χ3v) is 6.06. The summed E-state index contributed by atoms with van der Waals surface area (Å²) >= 11 is 0. The quantitative estimate of drug-likeness (QED) is 0.873. The van der Waals surface area contributed by atoms with Crippen molar-refractivity contribution in [1.82, 2.24) is 4.90 Å². The summed E-state index contributed by atoms with van der Waals surface area (Å²) in [6.45, 7) is 0.517. The lowest BCUT2D eigenvalue weighted by Gasteiger charge is -2.52. The molecular weight excluding hydrogens is 329 g/mol. The van der Waals surface area contributed by atoms with Crippen LogP contribution in [0.4, 0.5) is 4.39 Å². The van der Waals surface area contributed by atoms with Gasteiger partial charge >= 0.3 is 0 Å². The minimum Gasteiger partial charge on any atom is -0.389 e. The van der Waals surface area contributed by atoms with Crippen LogP contribution >= 0.6 is 0 Å². The number of piperidine rings is 1. The van der Waals surface area contributed by atoms with Gasteiger partial charge in [0, 0.05) is 18.0 Å². The fourth-order valence-electron chi connectivity index (χ4n) is 4.73. The zero-order chi connectivity index (χ0) is 18.1. The van der Waals surface area contributed by atoms with Crippen LogP contribution in [0.2, 0.25) is 0 Å². The van der Waals surface area contributed by atoms with Gasteiger partial charge < -0.3 is 10.0 Å². The number of halogens is 1. The molecule has 1 saturated carbocycles. The summed E-state index contributed by atoms with van der Waals surface area (Å²) in [6.07, 6.45) is 4.35. The summed E-state index contributed by atoms with van der Waals surface area (Å²) in [6, 6.07) is 15.4. The Balaban J connectivity index is 1.74. The topological polar surface area (TPSA) is 40.5 Å². The van der Waals surface area contributed by atoms with Crippen LogP contribution in [0, 0.1) is 11.7 Å². The Morgan fingerprint density at radius 2 is 1.77 bits per heavy atom. The van der Waals surface area contributed by atoms with Crippen molar-refractivity contribution in [3.8, 4) is 0 Å². The van der Waals surface area contributed by atoms with Crippen LogP contribution in [0.25, 0.3) is 0 Å².